The number of rotatable bonds is 5. The Morgan fingerprint density at radius 3 is 2.56 bits per heavy atom. The molecule has 0 spiro atoms. The van der Waals surface area contributed by atoms with E-state index in [9.17, 15) is 14.0 Å². The first-order valence-corrected chi connectivity index (χ1v) is 8.47. The van der Waals surface area contributed by atoms with E-state index in [0.29, 0.717) is 29.1 Å². The molecule has 0 bridgehead atoms. The van der Waals surface area contributed by atoms with Crippen molar-refractivity contribution in [2.24, 2.45) is 0 Å². The summed E-state index contributed by atoms with van der Waals surface area (Å²) in [4.78, 5) is 24.3. The Balaban J connectivity index is 1.66. The molecule has 2 amide bonds. The first-order valence-electron chi connectivity index (χ1n) is 8.47. The van der Waals surface area contributed by atoms with Gasteiger partial charge in [-0.15, -0.1) is 0 Å². The van der Waals surface area contributed by atoms with Crippen LogP contribution >= 0.6 is 0 Å². The van der Waals surface area contributed by atoms with Gasteiger partial charge in [-0.1, -0.05) is 12.1 Å². The maximum absolute atomic E-state index is 12.9. The van der Waals surface area contributed by atoms with E-state index in [2.05, 4.69) is 10.9 Å². The van der Waals surface area contributed by atoms with Crippen LogP contribution in [-0.4, -0.2) is 18.4 Å². The van der Waals surface area contributed by atoms with E-state index >= 15 is 0 Å². The van der Waals surface area contributed by atoms with Gasteiger partial charge in [0.05, 0.1) is 13.0 Å². The Kier molecular flexibility index (Phi) is 5.40. The molecule has 0 unspecified atom stereocenters. The number of hydrazine groups is 1. The van der Waals surface area contributed by atoms with Crippen molar-refractivity contribution in [3.63, 3.8) is 0 Å². The highest BCUT2D eigenvalue weighted by atomic mass is 19.1. The van der Waals surface area contributed by atoms with E-state index in [4.69, 9.17) is 9.15 Å². The third-order valence-corrected chi connectivity index (χ3v) is 4.02. The normalized spacial score (nSPS) is 10.6. The highest BCUT2D eigenvalue weighted by Gasteiger charge is 2.18. The standard InChI is InChI=1S/C20H19FN2O4/c1-3-26-15-8-9-17-16(11-15)12(2)19(27-17)20(25)23-22-18(24)10-13-4-6-14(21)7-5-13/h4-9,11H,3,10H2,1-2H3,(H,22,24)(H,23,25). The quantitative estimate of drug-likeness (QED) is 0.676. The second-order valence-corrected chi connectivity index (χ2v) is 5.95. The van der Waals surface area contributed by atoms with Crippen LogP contribution in [-0.2, 0) is 11.2 Å². The summed E-state index contributed by atoms with van der Waals surface area (Å²) in [6.07, 6.45) is 0.0113. The molecule has 2 N–H and O–H groups in total. The minimum atomic E-state index is -0.561. The molecule has 2 aromatic carbocycles. The number of carbonyl (C=O) groups excluding carboxylic acids is 2. The lowest BCUT2D eigenvalue weighted by atomic mass is 10.1. The van der Waals surface area contributed by atoms with Gasteiger partial charge in [-0.05, 0) is 49.7 Å². The van der Waals surface area contributed by atoms with Crippen molar-refractivity contribution in [1.82, 2.24) is 10.9 Å². The fourth-order valence-electron chi connectivity index (χ4n) is 2.69. The molecule has 140 valence electrons. The monoisotopic (exact) mass is 370 g/mol. The summed E-state index contributed by atoms with van der Waals surface area (Å²) in [5.74, 6) is -0.564. The first kappa shape index (κ1) is 18.4. The average molecular weight is 370 g/mol. The molecule has 1 aromatic heterocycles. The Hall–Kier alpha value is -3.35. The molecular formula is C20H19FN2O4. The highest BCUT2D eigenvalue weighted by Crippen LogP contribution is 2.28. The molecule has 1 heterocycles. The van der Waals surface area contributed by atoms with Crippen molar-refractivity contribution in [3.05, 3.63) is 65.2 Å². The lowest BCUT2D eigenvalue weighted by Crippen LogP contribution is -2.42. The maximum atomic E-state index is 12.9. The smallest absolute Gasteiger partial charge is 0.305 e. The molecule has 0 aliphatic carbocycles. The van der Waals surface area contributed by atoms with Crippen molar-refractivity contribution >= 4 is 22.8 Å². The summed E-state index contributed by atoms with van der Waals surface area (Å²) in [6, 6.07) is 10.9. The second-order valence-electron chi connectivity index (χ2n) is 5.95. The largest absolute Gasteiger partial charge is 0.494 e. The zero-order valence-corrected chi connectivity index (χ0v) is 15.0. The number of fused-ring (bicyclic) bond motifs is 1. The molecule has 0 saturated heterocycles. The van der Waals surface area contributed by atoms with E-state index < -0.39 is 11.8 Å². The molecule has 7 heteroatoms. The number of benzene rings is 2. The van der Waals surface area contributed by atoms with E-state index in [1.54, 1.807) is 19.1 Å². The van der Waals surface area contributed by atoms with Gasteiger partial charge in [0.25, 0.3) is 0 Å². The van der Waals surface area contributed by atoms with Crippen molar-refractivity contribution in [2.75, 3.05) is 6.61 Å². The summed E-state index contributed by atoms with van der Waals surface area (Å²) in [7, 11) is 0. The molecule has 3 rings (SSSR count). The number of ether oxygens (including phenoxy) is 1. The van der Waals surface area contributed by atoms with Gasteiger partial charge < -0.3 is 9.15 Å². The molecule has 3 aromatic rings. The SMILES string of the molecule is CCOc1ccc2oc(C(=O)NNC(=O)Cc3ccc(F)cc3)c(C)c2c1. The zero-order valence-electron chi connectivity index (χ0n) is 15.0. The first-order chi connectivity index (χ1) is 13.0. The third-order valence-electron chi connectivity index (χ3n) is 4.02. The number of halogens is 1. The number of amides is 2. The number of hydrogen-bond acceptors (Lipinski definition) is 4. The van der Waals surface area contributed by atoms with Gasteiger partial charge in [-0.3, -0.25) is 20.4 Å². The van der Waals surface area contributed by atoms with Gasteiger partial charge in [0.2, 0.25) is 5.91 Å². The Morgan fingerprint density at radius 2 is 1.85 bits per heavy atom. The van der Waals surface area contributed by atoms with Crippen LogP contribution in [0.1, 0.15) is 28.6 Å². The van der Waals surface area contributed by atoms with E-state index in [1.807, 2.05) is 13.0 Å². The van der Waals surface area contributed by atoms with E-state index in [0.717, 1.165) is 5.39 Å². The van der Waals surface area contributed by atoms with Crippen LogP contribution in [0.3, 0.4) is 0 Å². The fraction of sp³-hybridized carbons (Fsp3) is 0.200. The van der Waals surface area contributed by atoms with Crippen LogP contribution in [0.2, 0.25) is 0 Å². The molecule has 0 atom stereocenters. The summed E-state index contributed by atoms with van der Waals surface area (Å²) >= 11 is 0. The molecule has 0 fully saturated rings. The molecule has 0 aliphatic rings. The number of furan rings is 1. The predicted octanol–water partition coefficient (Wildman–Crippen LogP) is 3.28. The van der Waals surface area contributed by atoms with Gasteiger partial charge in [-0.2, -0.15) is 0 Å². The molecule has 0 radical (unpaired) electrons. The topological polar surface area (TPSA) is 80.6 Å². The lowest BCUT2D eigenvalue weighted by molar-refractivity contribution is -0.121. The molecule has 0 aliphatic heterocycles. The van der Waals surface area contributed by atoms with Gasteiger partial charge in [0.1, 0.15) is 17.1 Å². The van der Waals surface area contributed by atoms with Crippen molar-refractivity contribution in [1.29, 1.82) is 0 Å². The van der Waals surface area contributed by atoms with Crippen LogP contribution in [0, 0.1) is 12.7 Å². The fourth-order valence-corrected chi connectivity index (χ4v) is 2.69. The summed E-state index contributed by atoms with van der Waals surface area (Å²) in [5, 5.41) is 0.767. The maximum Gasteiger partial charge on any atom is 0.305 e. The Labute approximate surface area is 155 Å². The summed E-state index contributed by atoms with van der Waals surface area (Å²) in [6.45, 7) is 4.19. The Bertz CT molecular complexity index is 980. The zero-order chi connectivity index (χ0) is 19.4. The molecule has 27 heavy (non-hydrogen) atoms. The van der Waals surface area contributed by atoms with Crippen molar-refractivity contribution in [3.8, 4) is 5.75 Å². The van der Waals surface area contributed by atoms with Crippen LogP contribution < -0.4 is 15.6 Å². The van der Waals surface area contributed by atoms with Gasteiger partial charge >= 0.3 is 5.91 Å². The van der Waals surface area contributed by atoms with E-state index in [-0.39, 0.29) is 18.0 Å². The van der Waals surface area contributed by atoms with Crippen molar-refractivity contribution in [2.45, 2.75) is 20.3 Å². The minimum Gasteiger partial charge on any atom is -0.494 e. The minimum absolute atomic E-state index is 0.0113. The van der Waals surface area contributed by atoms with Crippen molar-refractivity contribution < 1.29 is 23.1 Å². The van der Waals surface area contributed by atoms with Gasteiger partial charge in [0.15, 0.2) is 5.76 Å². The highest BCUT2D eigenvalue weighted by molar-refractivity contribution is 5.99. The molecule has 6 nitrogen and oxygen atoms in total. The van der Waals surface area contributed by atoms with Gasteiger partial charge in [-0.25, -0.2) is 4.39 Å². The van der Waals surface area contributed by atoms with E-state index in [1.165, 1.54) is 24.3 Å². The second kappa shape index (κ2) is 7.90. The Morgan fingerprint density at radius 1 is 1.11 bits per heavy atom. The number of hydrogen-bond donors (Lipinski definition) is 2. The van der Waals surface area contributed by atoms with Gasteiger partial charge in [0, 0.05) is 10.9 Å². The molecule has 0 saturated carbocycles. The number of nitrogens with one attached hydrogen (secondary N) is 2. The van der Waals surface area contributed by atoms with Crippen LogP contribution in [0.5, 0.6) is 5.75 Å². The van der Waals surface area contributed by atoms with Crippen LogP contribution in [0.25, 0.3) is 11.0 Å². The average Bonchev–Trinajstić information content (AvgIpc) is 2.98. The lowest BCUT2D eigenvalue weighted by Gasteiger charge is -2.06. The molecular weight excluding hydrogens is 351 g/mol. The summed E-state index contributed by atoms with van der Waals surface area (Å²) in [5.41, 5.74) is 6.50. The third kappa shape index (κ3) is 4.25. The summed E-state index contributed by atoms with van der Waals surface area (Å²) < 4.78 is 23.9. The number of carbonyl (C=O) groups is 2. The number of aryl methyl sites for hydroxylation is 1. The van der Waals surface area contributed by atoms with Crippen LogP contribution in [0.4, 0.5) is 4.39 Å². The predicted molar refractivity (Wildman–Crippen MR) is 97.8 cm³/mol. The van der Waals surface area contributed by atoms with Crippen LogP contribution in [0.15, 0.2) is 46.9 Å².